The van der Waals surface area contributed by atoms with Crippen LogP contribution >= 0.6 is 0 Å². The van der Waals surface area contributed by atoms with E-state index in [2.05, 4.69) is 0 Å². The number of amides is 1. The normalized spacial score (nSPS) is 21.2. The Hall–Kier alpha value is -1.10. The van der Waals surface area contributed by atoms with Crippen molar-refractivity contribution < 1.29 is 14.7 Å². The molecule has 0 radical (unpaired) electrons. The van der Waals surface area contributed by atoms with E-state index in [1.165, 1.54) is 0 Å². The lowest BCUT2D eigenvalue weighted by atomic mass is 9.74. The van der Waals surface area contributed by atoms with Crippen LogP contribution in [0.1, 0.15) is 47.0 Å². The number of aliphatic carboxylic acids is 1. The van der Waals surface area contributed by atoms with Crippen LogP contribution in [0.3, 0.4) is 0 Å². The lowest BCUT2D eigenvalue weighted by molar-refractivity contribution is -0.146. The zero-order valence-electron chi connectivity index (χ0n) is 11.7. The Labute approximate surface area is 108 Å². The highest BCUT2D eigenvalue weighted by Crippen LogP contribution is 2.34. The number of hydrogen-bond donors (Lipinski definition) is 2. The largest absolute Gasteiger partial charge is 0.481 e. The second-order valence-corrected chi connectivity index (χ2v) is 6.24. The lowest BCUT2D eigenvalue weighted by Crippen LogP contribution is -2.57. The highest BCUT2D eigenvalue weighted by Gasteiger charge is 2.45. The fraction of sp³-hybridized carbons (Fsp3) is 0.846. The van der Waals surface area contributed by atoms with Gasteiger partial charge in [-0.3, -0.25) is 9.59 Å². The smallest absolute Gasteiger partial charge is 0.305 e. The minimum atomic E-state index is -0.857. The average molecular weight is 256 g/mol. The van der Waals surface area contributed by atoms with Crippen molar-refractivity contribution >= 4 is 11.9 Å². The van der Waals surface area contributed by atoms with Crippen LogP contribution in [0.5, 0.6) is 0 Å². The van der Waals surface area contributed by atoms with Crippen molar-refractivity contribution in [2.24, 2.45) is 11.1 Å². The van der Waals surface area contributed by atoms with Crippen LogP contribution in [0, 0.1) is 5.41 Å². The molecule has 0 aliphatic carbocycles. The molecule has 1 aliphatic rings. The molecule has 1 unspecified atom stereocenters. The van der Waals surface area contributed by atoms with Crippen LogP contribution in [0.25, 0.3) is 0 Å². The van der Waals surface area contributed by atoms with E-state index in [0.29, 0.717) is 6.54 Å². The topological polar surface area (TPSA) is 83.6 Å². The van der Waals surface area contributed by atoms with Crippen molar-refractivity contribution in [3.8, 4) is 0 Å². The summed E-state index contributed by atoms with van der Waals surface area (Å²) in [4.78, 5) is 25.1. The van der Waals surface area contributed by atoms with E-state index in [0.717, 1.165) is 12.8 Å². The molecule has 1 saturated heterocycles. The molecule has 5 heteroatoms. The summed E-state index contributed by atoms with van der Waals surface area (Å²) in [5, 5.41) is 8.87. The van der Waals surface area contributed by atoms with Gasteiger partial charge in [-0.05, 0) is 40.5 Å². The quantitative estimate of drug-likeness (QED) is 0.792. The van der Waals surface area contributed by atoms with Gasteiger partial charge < -0.3 is 15.7 Å². The fourth-order valence-electron chi connectivity index (χ4n) is 2.15. The molecule has 5 nitrogen and oxygen atoms in total. The number of rotatable bonds is 4. The molecule has 0 saturated carbocycles. The molecule has 0 aromatic rings. The van der Waals surface area contributed by atoms with E-state index in [1.54, 1.807) is 4.90 Å². The Kier molecular flexibility index (Phi) is 4.05. The van der Waals surface area contributed by atoms with Gasteiger partial charge in [0, 0.05) is 18.1 Å². The number of carboxylic acids is 1. The first-order valence-corrected chi connectivity index (χ1v) is 6.39. The van der Waals surface area contributed by atoms with Crippen molar-refractivity contribution in [1.29, 1.82) is 0 Å². The summed E-state index contributed by atoms with van der Waals surface area (Å²) >= 11 is 0. The number of carbonyl (C=O) groups is 2. The van der Waals surface area contributed by atoms with Crippen LogP contribution < -0.4 is 5.73 Å². The third-order valence-corrected chi connectivity index (χ3v) is 4.19. The van der Waals surface area contributed by atoms with Crippen LogP contribution in [0.4, 0.5) is 0 Å². The van der Waals surface area contributed by atoms with E-state index < -0.39 is 16.9 Å². The molecule has 1 atom stereocenters. The zero-order chi connectivity index (χ0) is 14.1. The summed E-state index contributed by atoms with van der Waals surface area (Å²) in [6.45, 7) is 7.94. The van der Waals surface area contributed by atoms with Gasteiger partial charge >= 0.3 is 5.97 Å². The standard InChI is InChI=1S/C13H24N2O3/c1-12(2,13(3,4)14)11(18)15-7-5-6-9(15)8-10(16)17/h9H,5-8,14H2,1-4H3,(H,16,17). The van der Waals surface area contributed by atoms with Gasteiger partial charge in [-0.15, -0.1) is 0 Å². The van der Waals surface area contributed by atoms with Crippen molar-refractivity contribution in [3.05, 3.63) is 0 Å². The third kappa shape index (κ3) is 2.83. The van der Waals surface area contributed by atoms with E-state index >= 15 is 0 Å². The van der Waals surface area contributed by atoms with Crippen LogP contribution in [-0.4, -0.2) is 40.0 Å². The molecule has 1 heterocycles. The maximum Gasteiger partial charge on any atom is 0.305 e. The van der Waals surface area contributed by atoms with Crippen LogP contribution in [-0.2, 0) is 9.59 Å². The van der Waals surface area contributed by atoms with Crippen molar-refractivity contribution in [3.63, 3.8) is 0 Å². The number of nitrogens with zero attached hydrogens (tertiary/aromatic N) is 1. The molecule has 1 aliphatic heterocycles. The van der Waals surface area contributed by atoms with E-state index in [4.69, 9.17) is 10.8 Å². The maximum atomic E-state index is 12.6. The monoisotopic (exact) mass is 256 g/mol. The van der Waals surface area contributed by atoms with Gasteiger partial charge in [0.05, 0.1) is 11.8 Å². The van der Waals surface area contributed by atoms with Crippen molar-refractivity contribution in [2.45, 2.75) is 58.5 Å². The first-order valence-electron chi connectivity index (χ1n) is 6.39. The average Bonchev–Trinajstić information content (AvgIpc) is 2.61. The van der Waals surface area contributed by atoms with Gasteiger partial charge in [-0.2, -0.15) is 0 Å². The fourth-order valence-corrected chi connectivity index (χ4v) is 2.15. The summed E-state index contributed by atoms with van der Waals surface area (Å²) in [7, 11) is 0. The Morgan fingerprint density at radius 2 is 1.89 bits per heavy atom. The minimum absolute atomic E-state index is 0.0207. The molecule has 1 amide bonds. The molecule has 3 N–H and O–H groups in total. The van der Waals surface area contributed by atoms with Crippen LogP contribution in [0.15, 0.2) is 0 Å². The van der Waals surface area contributed by atoms with Gasteiger partial charge in [0.2, 0.25) is 5.91 Å². The van der Waals surface area contributed by atoms with E-state index in [1.807, 2.05) is 27.7 Å². The molecule has 1 fully saturated rings. The summed E-state index contributed by atoms with van der Waals surface area (Å²) in [6, 6.07) is -0.184. The Bertz CT molecular complexity index is 345. The first kappa shape index (κ1) is 15.0. The molecular weight excluding hydrogens is 232 g/mol. The first-order chi connectivity index (χ1) is 8.07. The summed E-state index contributed by atoms with van der Waals surface area (Å²) in [5.74, 6) is -0.900. The molecule has 0 bridgehead atoms. The minimum Gasteiger partial charge on any atom is -0.481 e. The maximum absolute atomic E-state index is 12.6. The molecule has 0 spiro atoms. The van der Waals surface area contributed by atoms with Crippen molar-refractivity contribution in [1.82, 2.24) is 4.90 Å². The number of likely N-dealkylation sites (tertiary alicyclic amines) is 1. The molecule has 18 heavy (non-hydrogen) atoms. The SMILES string of the molecule is CC(C)(N)C(C)(C)C(=O)N1CCCC1CC(=O)O. The molecule has 1 rings (SSSR count). The summed E-state index contributed by atoms with van der Waals surface area (Å²) < 4.78 is 0. The summed E-state index contributed by atoms with van der Waals surface area (Å²) in [6.07, 6.45) is 1.65. The zero-order valence-corrected chi connectivity index (χ0v) is 11.7. The number of hydrogen-bond acceptors (Lipinski definition) is 3. The van der Waals surface area contributed by atoms with Gasteiger partial charge in [0.25, 0.3) is 0 Å². The second-order valence-electron chi connectivity index (χ2n) is 6.24. The predicted octanol–water partition coefficient (Wildman–Crippen LogP) is 1.22. The third-order valence-electron chi connectivity index (χ3n) is 4.19. The molecular formula is C13H24N2O3. The van der Waals surface area contributed by atoms with Gasteiger partial charge in [-0.25, -0.2) is 0 Å². The summed E-state index contributed by atoms with van der Waals surface area (Å²) in [5.41, 5.74) is 4.73. The highest BCUT2D eigenvalue weighted by atomic mass is 16.4. The second kappa shape index (κ2) is 4.88. The number of carboxylic acid groups (broad SMARTS) is 1. The number of nitrogens with two attached hydrogens (primary N) is 1. The van der Waals surface area contributed by atoms with Crippen molar-refractivity contribution in [2.75, 3.05) is 6.54 Å². The van der Waals surface area contributed by atoms with Gasteiger partial charge in [-0.1, -0.05) is 0 Å². The molecule has 0 aromatic heterocycles. The van der Waals surface area contributed by atoms with E-state index in [9.17, 15) is 9.59 Å². The van der Waals surface area contributed by atoms with Crippen LogP contribution in [0.2, 0.25) is 0 Å². The van der Waals surface area contributed by atoms with Gasteiger partial charge in [0.15, 0.2) is 0 Å². The molecule has 104 valence electrons. The Balaban J connectivity index is 2.86. The van der Waals surface area contributed by atoms with Gasteiger partial charge in [0.1, 0.15) is 0 Å². The Morgan fingerprint density at radius 1 is 1.33 bits per heavy atom. The highest BCUT2D eigenvalue weighted by molar-refractivity contribution is 5.84. The molecule has 0 aromatic carbocycles. The van der Waals surface area contributed by atoms with E-state index in [-0.39, 0.29) is 18.4 Å². The predicted molar refractivity (Wildman–Crippen MR) is 69.0 cm³/mol. The number of carbonyl (C=O) groups excluding carboxylic acids is 1. The Morgan fingerprint density at radius 3 is 2.33 bits per heavy atom. The lowest BCUT2D eigenvalue weighted by Gasteiger charge is -2.41.